The smallest absolute Gasteiger partial charge is 0.243 e. The van der Waals surface area contributed by atoms with Crippen LogP contribution in [0, 0.1) is 16.7 Å². The standard InChI is InChI=1S/C17H21N3O3S/c18-13-17(9-5-10-17)16(21)20-11-4-8-15(12-20)24(22,23)19-14-6-2-1-3-7-14/h1-3,6-7,15,19H,4-5,8-12H2. The molecule has 1 unspecified atom stereocenters. The highest BCUT2D eigenvalue weighted by atomic mass is 32.2. The molecule has 0 spiro atoms. The number of sulfonamides is 1. The van der Waals surface area contributed by atoms with E-state index in [1.807, 2.05) is 6.07 Å². The first-order valence-corrected chi connectivity index (χ1v) is 9.79. The van der Waals surface area contributed by atoms with Crippen LogP contribution in [-0.2, 0) is 14.8 Å². The Hall–Kier alpha value is -2.07. The molecular weight excluding hydrogens is 326 g/mol. The number of carbonyl (C=O) groups excluding carboxylic acids is 1. The summed E-state index contributed by atoms with van der Waals surface area (Å²) in [5.41, 5.74) is -0.396. The van der Waals surface area contributed by atoms with Crippen molar-refractivity contribution in [2.24, 2.45) is 5.41 Å². The average Bonchev–Trinajstić information content (AvgIpc) is 2.55. The Morgan fingerprint density at radius 1 is 1.25 bits per heavy atom. The molecule has 0 aromatic heterocycles. The van der Waals surface area contributed by atoms with Crippen LogP contribution in [0.1, 0.15) is 32.1 Å². The maximum atomic E-state index is 12.7. The highest BCUT2D eigenvalue weighted by Gasteiger charge is 2.48. The largest absolute Gasteiger partial charge is 0.340 e. The van der Waals surface area contributed by atoms with Crippen LogP contribution in [-0.4, -0.2) is 37.6 Å². The molecule has 1 aromatic rings. The van der Waals surface area contributed by atoms with Crippen LogP contribution in [0.2, 0.25) is 0 Å². The molecule has 0 radical (unpaired) electrons. The Balaban J connectivity index is 1.71. The first-order chi connectivity index (χ1) is 11.5. The van der Waals surface area contributed by atoms with Crippen LogP contribution in [0.3, 0.4) is 0 Å². The van der Waals surface area contributed by atoms with Crippen molar-refractivity contribution >= 4 is 21.6 Å². The van der Waals surface area contributed by atoms with Gasteiger partial charge in [-0.3, -0.25) is 9.52 Å². The second kappa shape index (κ2) is 6.44. The zero-order chi connectivity index (χ0) is 17.2. The number of rotatable bonds is 4. The van der Waals surface area contributed by atoms with Gasteiger partial charge in [0.15, 0.2) is 0 Å². The molecule has 1 aromatic carbocycles. The molecule has 0 bridgehead atoms. The van der Waals surface area contributed by atoms with Crippen molar-refractivity contribution in [1.29, 1.82) is 5.26 Å². The van der Waals surface area contributed by atoms with Gasteiger partial charge in [-0.15, -0.1) is 0 Å². The molecule has 2 aliphatic rings. The van der Waals surface area contributed by atoms with Crippen molar-refractivity contribution in [3.8, 4) is 6.07 Å². The number of hydrogen-bond donors (Lipinski definition) is 1. The van der Waals surface area contributed by atoms with Gasteiger partial charge < -0.3 is 4.90 Å². The van der Waals surface area contributed by atoms with Crippen LogP contribution in [0.4, 0.5) is 5.69 Å². The molecule has 24 heavy (non-hydrogen) atoms. The van der Waals surface area contributed by atoms with E-state index < -0.39 is 20.7 Å². The minimum absolute atomic E-state index is 0.157. The lowest BCUT2D eigenvalue weighted by molar-refractivity contribution is -0.143. The number of anilines is 1. The Morgan fingerprint density at radius 2 is 1.96 bits per heavy atom. The van der Waals surface area contributed by atoms with E-state index in [0.29, 0.717) is 37.9 Å². The summed E-state index contributed by atoms with van der Waals surface area (Å²) in [6.45, 7) is 0.685. The molecule has 1 N–H and O–H groups in total. The molecule has 2 fully saturated rings. The SMILES string of the molecule is N#CC1(C(=O)N2CCCC(S(=O)(=O)Nc3ccccc3)C2)CCC1. The molecule has 1 heterocycles. The number of likely N-dealkylation sites (tertiary alicyclic amines) is 1. The van der Waals surface area contributed by atoms with Gasteiger partial charge in [0, 0.05) is 18.8 Å². The minimum atomic E-state index is -3.57. The number of para-hydroxylation sites is 1. The lowest BCUT2D eigenvalue weighted by atomic mass is 9.69. The van der Waals surface area contributed by atoms with E-state index in [1.54, 1.807) is 29.2 Å². The Kier molecular flexibility index (Phi) is 4.50. The monoisotopic (exact) mass is 347 g/mol. The van der Waals surface area contributed by atoms with E-state index in [2.05, 4.69) is 10.8 Å². The lowest BCUT2D eigenvalue weighted by Gasteiger charge is -2.41. The van der Waals surface area contributed by atoms with E-state index >= 15 is 0 Å². The number of hydrogen-bond acceptors (Lipinski definition) is 4. The molecule has 6 nitrogen and oxygen atoms in total. The minimum Gasteiger partial charge on any atom is -0.340 e. The van der Waals surface area contributed by atoms with Crippen LogP contribution in [0.25, 0.3) is 0 Å². The van der Waals surface area contributed by atoms with Gasteiger partial charge in [-0.1, -0.05) is 18.2 Å². The van der Waals surface area contributed by atoms with Crippen LogP contribution < -0.4 is 4.72 Å². The third kappa shape index (κ3) is 3.11. The number of nitrogens with one attached hydrogen (secondary N) is 1. The molecule has 7 heteroatoms. The van der Waals surface area contributed by atoms with Gasteiger partial charge in [0.05, 0.1) is 11.3 Å². The second-order valence-electron chi connectivity index (χ2n) is 6.58. The van der Waals surface area contributed by atoms with Crippen molar-refractivity contribution in [3.63, 3.8) is 0 Å². The maximum absolute atomic E-state index is 12.7. The number of piperidine rings is 1. The summed E-state index contributed by atoms with van der Waals surface area (Å²) in [6, 6.07) is 10.9. The molecule has 1 aliphatic carbocycles. The van der Waals surface area contributed by atoms with Gasteiger partial charge in [0.1, 0.15) is 5.41 Å². The lowest BCUT2D eigenvalue weighted by Crippen LogP contribution is -2.53. The Bertz CT molecular complexity index is 751. The zero-order valence-electron chi connectivity index (χ0n) is 13.4. The van der Waals surface area contributed by atoms with Crippen LogP contribution in [0.15, 0.2) is 30.3 Å². The van der Waals surface area contributed by atoms with Crippen molar-refractivity contribution in [1.82, 2.24) is 4.90 Å². The topological polar surface area (TPSA) is 90.3 Å². The number of carbonyl (C=O) groups is 1. The molecule has 1 aliphatic heterocycles. The van der Waals surface area contributed by atoms with E-state index in [-0.39, 0.29) is 12.5 Å². The summed E-state index contributed by atoms with van der Waals surface area (Å²) >= 11 is 0. The van der Waals surface area contributed by atoms with Crippen molar-refractivity contribution in [2.45, 2.75) is 37.4 Å². The third-order valence-corrected chi connectivity index (χ3v) is 6.75. The summed E-state index contributed by atoms with van der Waals surface area (Å²) in [5.74, 6) is -0.198. The first kappa shape index (κ1) is 16.8. The Labute approximate surface area is 142 Å². The van der Waals surface area contributed by atoms with Gasteiger partial charge in [-0.2, -0.15) is 5.26 Å². The third-order valence-electron chi connectivity index (χ3n) is 4.97. The highest BCUT2D eigenvalue weighted by molar-refractivity contribution is 7.93. The number of nitrogens with zero attached hydrogens (tertiary/aromatic N) is 2. The molecule has 1 saturated heterocycles. The fourth-order valence-electron chi connectivity index (χ4n) is 3.34. The second-order valence-corrected chi connectivity index (χ2v) is 8.54. The van der Waals surface area contributed by atoms with E-state index in [0.717, 1.165) is 6.42 Å². The highest BCUT2D eigenvalue weighted by Crippen LogP contribution is 2.42. The molecule has 128 valence electrons. The number of amides is 1. The molecule has 1 atom stereocenters. The Morgan fingerprint density at radius 3 is 2.54 bits per heavy atom. The summed E-state index contributed by atoms with van der Waals surface area (Å²) < 4.78 is 27.8. The van der Waals surface area contributed by atoms with Gasteiger partial charge in [0.25, 0.3) is 0 Å². The normalized spacial score (nSPS) is 23.0. The molecule has 1 saturated carbocycles. The average molecular weight is 347 g/mol. The van der Waals surface area contributed by atoms with Gasteiger partial charge in [0.2, 0.25) is 15.9 Å². The van der Waals surface area contributed by atoms with Gasteiger partial charge in [-0.25, -0.2) is 8.42 Å². The number of benzene rings is 1. The molecule has 1 amide bonds. The zero-order valence-corrected chi connectivity index (χ0v) is 14.3. The summed E-state index contributed by atoms with van der Waals surface area (Å²) in [4.78, 5) is 14.2. The van der Waals surface area contributed by atoms with E-state index in [4.69, 9.17) is 0 Å². The fourth-order valence-corrected chi connectivity index (χ4v) is 4.82. The van der Waals surface area contributed by atoms with Crippen molar-refractivity contribution in [2.75, 3.05) is 17.8 Å². The predicted octanol–water partition coefficient (Wildman–Crippen LogP) is 2.11. The van der Waals surface area contributed by atoms with Gasteiger partial charge >= 0.3 is 0 Å². The fraction of sp³-hybridized carbons (Fsp3) is 0.529. The predicted molar refractivity (Wildman–Crippen MR) is 90.5 cm³/mol. The van der Waals surface area contributed by atoms with Crippen LogP contribution in [0.5, 0.6) is 0 Å². The first-order valence-electron chi connectivity index (χ1n) is 8.24. The quantitative estimate of drug-likeness (QED) is 0.903. The van der Waals surface area contributed by atoms with Crippen molar-refractivity contribution < 1.29 is 13.2 Å². The molecular formula is C17H21N3O3S. The maximum Gasteiger partial charge on any atom is 0.243 e. The summed E-state index contributed by atoms with van der Waals surface area (Å²) in [7, 11) is -3.57. The number of nitriles is 1. The van der Waals surface area contributed by atoms with Gasteiger partial charge in [-0.05, 0) is 44.2 Å². The van der Waals surface area contributed by atoms with E-state index in [9.17, 15) is 18.5 Å². The summed E-state index contributed by atoms with van der Waals surface area (Å²) in [6.07, 6.45) is 3.20. The summed E-state index contributed by atoms with van der Waals surface area (Å²) in [5, 5.41) is 8.68. The van der Waals surface area contributed by atoms with E-state index in [1.165, 1.54) is 0 Å². The molecule has 3 rings (SSSR count). The van der Waals surface area contributed by atoms with Crippen molar-refractivity contribution in [3.05, 3.63) is 30.3 Å². The van der Waals surface area contributed by atoms with Crippen LogP contribution >= 0.6 is 0 Å².